The lowest BCUT2D eigenvalue weighted by Crippen LogP contribution is -2.12. The van der Waals surface area contributed by atoms with Crippen molar-refractivity contribution in [3.63, 3.8) is 0 Å². The summed E-state index contributed by atoms with van der Waals surface area (Å²) in [6, 6.07) is 7.84. The van der Waals surface area contributed by atoms with Gasteiger partial charge in [0.05, 0.1) is 14.2 Å². The molecule has 0 N–H and O–H groups in total. The monoisotopic (exact) mass is 336 g/mol. The maximum Gasteiger partial charge on any atom is 0.162 e. The highest BCUT2D eigenvalue weighted by Crippen LogP contribution is 2.36. The third-order valence-corrected chi connectivity index (χ3v) is 3.59. The normalized spacial score (nSPS) is 10.2. The third-order valence-electron chi connectivity index (χ3n) is 3.12. The first kappa shape index (κ1) is 14.7. The van der Waals surface area contributed by atoms with Crippen molar-refractivity contribution in [2.75, 3.05) is 26.2 Å². The van der Waals surface area contributed by atoms with Crippen LogP contribution in [0.1, 0.15) is 5.56 Å². The minimum absolute atomic E-state index is 0.706. The van der Waals surface area contributed by atoms with E-state index in [1.54, 1.807) is 20.4 Å². The number of pyridine rings is 1. The highest BCUT2D eigenvalue weighted by molar-refractivity contribution is 9.10. The van der Waals surface area contributed by atoms with Gasteiger partial charge in [-0.2, -0.15) is 0 Å². The smallest absolute Gasteiger partial charge is 0.162 e. The van der Waals surface area contributed by atoms with Gasteiger partial charge in [0.25, 0.3) is 0 Å². The van der Waals surface area contributed by atoms with Gasteiger partial charge in [-0.15, -0.1) is 0 Å². The predicted octanol–water partition coefficient (Wildman–Crippen LogP) is 3.94. The molecule has 5 heteroatoms. The molecule has 1 aromatic carbocycles. The molecule has 0 atom stereocenters. The van der Waals surface area contributed by atoms with E-state index < -0.39 is 0 Å². The Kier molecular flexibility index (Phi) is 4.49. The zero-order valence-corrected chi connectivity index (χ0v) is 13.6. The molecule has 0 saturated carbocycles. The summed E-state index contributed by atoms with van der Waals surface area (Å²) in [7, 11) is 5.25. The highest BCUT2D eigenvalue weighted by Gasteiger charge is 2.13. The molecule has 0 aliphatic carbocycles. The molecule has 0 fully saturated rings. The van der Waals surface area contributed by atoms with Crippen LogP contribution in [-0.4, -0.2) is 26.3 Å². The Labute approximate surface area is 127 Å². The summed E-state index contributed by atoms with van der Waals surface area (Å²) >= 11 is 3.39. The first-order valence-corrected chi connectivity index (χ1v) is 6.94. The molecule has 0 spiro atoms. The molecular formula is C15H17BrN2O2. The van der Waals surface area contributed by atoms with Crippen molar-refractivity contribution in [1.82, 2.24) is 4.98 Å². The molecule has 1 aromatic heterocycles. The van der Waals surface area contributed by atoms with E-state index in [1.807, 2.05) is 43.1 Å². The summed E-state index contributed by atoms with van der Waals surface area (Å²) in [6.07, 6.45) is 1.78. The fourth-order valence-electron chi connectivity index (χ4n) is 2.02. The second kappa shape index (κ2) is 6.13. The van der Waals surface area contributed by atoms with Gasteiger partial charge in [0.1, 0.15) is 5.82 Å². The lowest BCUT2D eigenvalue weighted by molar-refractivity contribution is 0.355. The Morgan fingerprint density at radius 1 is 1.10 bits per heavy atom. The number of rotatable bonds is 4. The molecule has 2 rings (SSSR count). The number of aryl methyl sites for hydroxylation is 1. The molecule has 0 amide bonds. The molecule has 0 aliphatic rings. The Balaban J connectivity index is 2.43. The summed E-state index contributed by atoms with van der Waals surface area (Å²) in [5.74, 6) is 2.30. The molecule has 0 saturated heterocycles. The zero-order chi connectivity index (χ0) is 14.7. The fourth-order valence-corrected chi connectivity index (χ4v) is 2.26. The van der Waals surface area contributed by atoms with E-state index in [4.69, 9.17) is 9.47 Å². The topological polar surface area (TPSA) is 34.6 Å². The van der Waals surface area contributed by atoms with E-state index in [-0.39, 0.29) is 0 Å². The number of nitrogens with zero attached hydrogens (tertiary/aromatic N) is 2. The summed E-state index contributed by atoms with van der Waals surface area (Å²) in [5.41, 5.74) is 2.12. The number of methoxy groups -OCH3 is 2. The number of hydrogen-bond acceptors (Lipinski definition) is 4. The SMILES string of the molecule is COc1cc(C)c(N(C)c2ccc(Br)cn2)cc1OC. The summed E-state index contributed by atoms with van der Waals surface area (Å²) < 4.78 is 11.6. The van der Waals surface area contributed by atoms with Crippen LogP contribution < -0.4 is 14.4 Å². The van der Waals surface area contributed by atoms with Crippen molar-refractivity contribution in [2.45, 2.75) is 6.92 Å². The van der Waals surface area contributed by atoms with Crippen LogP contribution in [0.4, 0.5) is 11.5 Å². The average Bonchev–Trinajstić information content (AvgIpc) is 2.47. The molecule has 0 radical (unpaired) electrons. The number of halogens is 1. The first-order valence-electron chi connectivity index (χ1n) is 6.14. The lowest BCUT2D eigenvalue weighted by atomic mass is 10.1. The maximum absolute atomic E-state index is 5.36. The number of aromatic nitrogens is 1. The number of ether oxygens (including phenoxy) is 2. The number of hydrogen-bond donors (Lipinski definition) is 0. The van der Waals surface area contributed by atoms with Crippen molar-refractivity contribution >= 4 is 27.4 Å². The van der Waals surface area contributed by atoms with Crippen LogP contribution in [-0.2, 0) is 0 Å². The van der Waals surface area contributed by atoms with Crippen molar-refractivity contribution in [3.05, 3.63) is 40.5 Å². The molecular weight excluding hydrogens is 320 g/mol. The summed E-state index contributed by atoms with van der Waals surface area (Å²) in [6.45, 7) is 2.03. The predicted molar refractivity (Wildman–Crippen MR) is 84.3 cm³/mol. The van der Waals surface area contributed by atoms with E-state index in [9.17, 15) is 0 Å². The summed E-state index contributed by atoms with van der Waals surface area (Å²) in [4.78, 5) is 6.42. The standard InChI is InChI=1S/C15H17BrN2O2/c1-10-7-13(19-3)14(20-4)8-12(10)18(2)15-6-5-11(16)9-17-15/h5-9H,1-4H3. The van der Waals surface area contributed by atoms with Crippen LogP contribution in [0.3, 0.4) is 0 Å². The summed E-state index contributed by atoms with van der Waals surface area (Å²) in [5, 5.41) is 0. The molecule has 0 bridgehead atoms. The molecule has 4 nitrogen and oxygen atoms in total. The zero-order valence-electron chi connectivity index (χ0n) is 12.0. The second-order valence-electron chi connectivity index (χ2n) is 4.39. The van der Waals surface area contributed by atoms with Crippen LogP contribution >= 0.6 is 15.9 Å². The highest BCUT2D eigenvalue weighted by atomic mass is 79.9. The minimum atomic E-state index is 0.706. The molecule has 0 aliphatic heterocycles. The fraction of sp³-hybridized carbons (Fsp3) is 0.267. The van der Waals surface area contributed by atoms with Crippen molar-refractivity contribution < 1.29 is 9.47 Å². The van der Waals surface area contributed by atoms with Crippen LogP contribution in [0.15, 0.2) is 34.9 Å². The van der Waals surface area contributed by atoms with Crippen LogP contribution in [0.5, 0.6) is 11.5 Å². The van der Waals surface area contributed by atoms with Crippen molar-refractivity contribution in [1.29, 1.82) is 0 Å². The number of benzene rings is 1. The Bertz CT molecular complexity index is 600. The second-order valence-corrected chi connectivity index (χ2v) is 5.30. The molecule has 2 aromatic rings. The third kappa shape index (κ3) is 2.88. The average molecular weight is 337 g/mol. The van der Waals surface area contributed by atoms with Gasteiger partial charge in [-0.05, 0) is 46.6 Å². The van der Waals surface area contributed by atoms with Gasteiger partial charge >= 0.3 is 0 Å². The Hall–Kier alpha value is -1.75. The van der Waals surface area contributed by atoms with Crippen LogP contribution in [0.25, 0.3) is 0 Å². The molecule has 106 valence electrons. The largest absolute Gasteiger partial charge is 0.493 e. The van der Waals surface area contributed by atoms with Gasteiger partial charge in [0, 0.05) is 29.5 Å². The Morgan fingerprint density at radius 2 is 1.75 bits per heavy atom. The van der Waals surface area contributed by atoms with Gasteiger partial charge in [0.15, 0.2) is 11.5 Å². The van der Waals surface area contributed by atoms with Gasteiger partial charge in [-0.3, -0.25) is 0 Å². The van der Waals surface area contributed by atoms with E-state index in [0.717, 1.165) is 27.3 Å². The first-order chi connectivity index (χ1) is 9.56. The Morgan fingerprint density at radius 3 is 2.30 bits per heavy atom. The molecule has 20 heavy (non-hydrogen) atoms. The van der Waals surface area contributed by atoms with Crippen molar-refractivity contribution in [2.24, 2.45) is 0 Å². The van der Waals surface area contributed by atoms with E-state index >= 15 is 0 Å². The minimum Gasteiger partial charge on any atom is -0.493 e. The van der Waals surface area contributed by atoms with Gasteiger partial charge < -0.3 is 14.4 Å². The quantitative estimate of drug-likeness (QED) is 0.846. The van der Waals surface area contributed by atoms with E-state index in [0.29, 0.717) is 5.75 Å². The molecule has 1 heterocycles. The maximum atomic E-state index is 5.36. The van der Waals surface area contributed by atoms with Gasteiger partial charge in [-0.25, -0.2) is 4.98 Å². The number of anilines is 2. The van der Waals surface area contributed by atoms with Gasteiger partial charge in [-0.1, -0.05) is 0 Å². The lowest BCUT2D eigenvalue weighted by Gasteiger charge is -2.22. The van der Waals surface area contributed by atoms with E-state index in [2.05, 4.69) is 20.9 Å². The van der Waals surface area contributed by atoms with Crippen LogP contribution in [0, 0.1) is 6.92 Å². The van der Waals surface area contributed by atoms with Crippen LogP contribution in [0.2, 0.25) is 0 Å². The van der Waals surface area contributed by atoms with Gasteiger partial charge in [0.2, 0.25) is 0 Å². The van der Waals surface area contributed by atoms with Crippen molar-refractivity contribution in [3.8, 4) is 11.5 Å². The molecule has 0 unspecified atom stereocenters. The van der Waals surface area contributed by atoms with E-state index in [1.165, 1.54) is 0 Å².